The zero-order chi connectivity index (χ0) is 41.7. The molecule has 0 fully saturated rings. The van der Waals surface area contributed by atoms with Crippen LogP contribution in [0.25, 0.3) is 64.7 Å². The second kappa shape index (κ2) is 12.4. The number of nitrogens with zero attached hydrogens (tertiary/aromatic N) is 1. The van der Waals surface area contributed by atoms with Gasteiger partial charge in [-0.1, -0.05) is 176 Å². The smallest absolute Gasteiger partial charge is 0.0726 e. The number of fused-ring (bicyclic) bond motifs is 23. The van der Waals surface area contributed by atoms with Crippen molar-refractivity contribution in [3.05, 3.63) is 269 Å². The molecule has 0 saturated carbocycles. The van der Waals surface area contributed by atoms with E-state index in [0.717, 1.165) is 17.1 Å². The summed E-state index contributed by atoms with van der Waals surface area (Å²) < 4.78 is 2.62. The van der Waals surface area contributed by atoms with Gasteiger partial charge in [0.25, 0.3) is 0 Å². The molecule has 1 nitrogen and oxygen atoms in total. The summed E-state index contributed by atoms with van der Waals surface area (Å²) in [5.41, 5.74) is 23.9. The fourth-order valence-corrected chi connectivity index (χ4v) is 13.8. The van der Waals surface area contributed by atoms with Gasteiger partial charge in [0.2, 0.25) is 0 Å². The van der Waals surface area contributed by atoms with E-state index >= 15 is 0 Å². The Morgan fingerprint density at radius 3 is 1.16 bits per heavy atom. The van der Waals surface area contributed by atoms with Gasteiger partial charge in [-0.3, -0.25) is 0 Å². The number of hydrogen-bond donors (Lipinski definition) is 0. The maximum Gasteiger partial charge on any atom is 0.0726 e. The monoisotopic (exact) mass is 827 g/mol. The maximum absolute atomic E-state index is 2.53. The second-order valence-electron chi connectivity index (χ2n) is 17.8. The van der Waals surface area contributed by atoms with Crippen LogP contribution in [0.15, 0.2) is 224 Å². The minimum absolute atomic E-state index is 0.397. The molecule has 1 heterocycles. The van der Waals surface area contributed by atoms with Crippen LogP contribution < -0.4 is 4.90 Å². The third-order valence-corrected chi connectivity index (χ3v) is 16.2. The first-order valence-electron chi connectivity index (χ1n) is 22.3. The van der Waals surface area contributed by atoms with Gasteiger partial charge in [0.05, 0.1) is 10.8 Å². The lowest BCUT2D eigenvalue weighted by Crippen LogP contribution is -2.26. The van der Waals surface area contributed by atoms with Gasteiger partial charge in [-0.05, 0) is 138 Å². The van der Waals surface area contributed by atoms with Gasteiger partial charge in [0, 0.05) is 37.2 Å². The minimum atomic E-state index is -0.444. The summed E-state index contributed by atoms with van der Waals surface area (Å²) in [7, 11) is 0. The molecule has 0 saturated heterocycles. The Bertz CT molecular complexity index is 3720. The first-order valence-corrected chi connectivity index (χ1v) is 23.2. The zero-order valence-corrected chi connectivity index (χ0v) is 35.5. The molecule has 15 rings (SSSR count). The first kappa shape index (κ1) is 34.8. The van der Waals surface area contributed by atoms with E-state index in [4.69, 9.17) is 0 Å². The van der Waals surface area contributed by atoms with Crippen molar-refractivity contribution < 1.29 is 0 Å². The normalized spacial score (nSPS) is 14.5. The van der Waals surface area contributed by atoms with Crippen LogP contribution >= 0.6 is 11.3 Å². The highest BCUT2D eigenvalue weighted by Crippen LogP contribution is 2.65. The Kier molecular flexibility index (Phi) is 6.76. The second-order valence-corrected chi connectivity index (χ2v) is 18.9. The highest BCUT2D eigenvalue weighted by Gasteiger charge is 2.53. The van der Waals surface area contributed by atoms with E-state index in [1.165, 1.54) is 109 Å². The third kappa shape index (κ3) is 4.16. The molecule has 0 aliphatic heterocycles. The van der Waals surface area contributed by atoms with E-state index < -0.39 is 10.8 Å². The third-order valence-electron chi connectivity index (χ3n) is 15.1. The van der Waals surface area contributed by atoms with Crippen molar-refractivity contribution in [3.8, 4) is 44.5 Å². The summed E-state index contributed by atoms with van der Waals surface area (Å²) in [5.74, 6) is 0. The summed E-state index contributed by atoms with van der Waals surface area (Å²) in [6.07, 6.45) is 0. The topological polar surface area (TPSA) is 3.24 Å². The molecule has 11 aromatic rings. The standard InChI is InChI=1S/C62H37NS/c1-8-22-51-41(15-1)42-16-2-9-23-52(42)61(51)56-27-13-6-20-46(56)49-35-38(30-33-57(49)61)63(39-31-34-60-50(36-39)48-21-7-14-28-59(48)64-60)40-29-32-47-45-19-5-12-26-55(45)62(58(47)37-40)53-24-10-3-17-43(53)44-18-4-11-25-54(44)62/h1-37H. The molecule has 0 amide bonds. The van der Waals surface area contributed by atoms with Gasteiger partial charge in [0.1, 0.15) is 0 Å². The molecule has 0 radical (unpaired) electrons. The molecular weight excluding hydrogens is 791 g/mol. The lowest BCUT2D eigenvalue weighted by molar-refractivity contribution is 0.793. The van der Waals surface area contributed by atoms with Gasteiger partial charge >= 0.3 is 0 Å². The van der Waals surface area contributed by atoms with Crippen LogP contribution in [0.1, 0.15) is 44.5 Å². The highest BCUT2D eigenvalue weighted by molar-refractivity contribution is 7.25. The number of hydrogen-bond acceptors (Lipinski definition) is 2. The van der Waals surface area contributed by atoms with Gasteiger partial charge in [-0.25, -0.2) is 0 Å². The lowest BCUT2D eigenvalue weighted by atomic mass is 9.70. The molecule has 64 heavy (non-hydrogen) atoms. The number of benzene rings is 10. The van der Waals surface area contributed by atoms with Crippen molar-refractivity contribution in [2.75, 3.05) is 4.90 Å². The van der Waals surface area contributed by atoms with Crippen molar-refractivity contribution >= 4 is 48.6 Å². The van der Waals surface area contributed by atoms with Gasteiger partial charge in [-0.15, -0.1) is 11.3 Å². The Balaban J connectivity index is 1.01. The van der Waals surface area contributed by atoms with E-state index in [-0.39, 0.29) is 0 Å². The van der Waals surface area contributed by atoms with Crippen molar-refractivity contribution in [2.24, 2.45) is 0 Å². The van der Waals surface area contributed by atoms with E-state index in [1.807, 2.05) is 11.3 Å². The van der Waals surface area contributed by atoms with Crippen molar-refractivity contribution in [1.29, 1.82) is 0 Å². The largest absolute Gasteiger partial charge is 0.310 e. The molecule has 0 atom stereocenters. The van der Waals surface area contributed by atoms with Crippen LogP contribution in [0.3, 0.4) is 0 Å². The zero-order valence-electron chi connectivity index (χ0n) is 34.7. The van der Waals surface area contributed by atoms with Gasteiger partial charge in [-0.2, -0.15) is 0 Å². The quantitative estimate of drug-likeness (QED) is 0.171. The van der Waals surface area contributed by atoms with E-state index in [9.17, 15) is 0 Å². The van der Waals surface area contributed by atoms with Crippen LogP contribution in [-0.4, -0.2) is 0 Å². The maximum atomic E-state index is 2.53. The van der Waals surface area contributed by atoms with Gasteiger partial charge in [0.15, 0.2) is 0 Å². The van der Waals surface area contributed by atoms with Crippen LogP contribution in [0.5, 0.6) is 0 Å². The van der Waals surface area contributed by atoms with E-state index in [0.29, 0.717) is 0 Å². The van der Waals surface area contributed by atoms with Crippen LogP contribution in [0.4, 0.5) is 17.1 Å². The molecule has 1 aromatic heterocycles. The lowest BCUT2D eigenvalue weighted by Gasteiger charge is -2.33. The Labute approximate surface area is 375 Å². The summed E-state index contributed by atoms with van der Waals surface area (Å²) in [6, 6.07) is 85.2. The van der Waals surface area contributed by atoms with Crippen LogP contribution in [-0.2, 0) is 10.8 Å². The molecule has 0 N–H and O–H groups in total. The SMILES string of the molecule is c1ccc2c(c1)-c1ccccc1C21c2ccccc2-c2cc(N(c3ccc4c(c3)C3(c5ccccc5-c5ccccc53)c3ccccc3-4)c3ccc4sc5ccccc5c4c3)ccc21. The predicted octanol–water partition coefficient (Wildman–Crippen LogP) is 16.2. The first-order chi connectivity index (χ1) is 31.7. The van der Waals surface area contributed by atoms with Crippen molar-refractivity contribution in [2.45, 2.75) is 10.8 Å². The van der Waals surface area contributed by atoms with E-state index in [1.54, 1.807) is 0 Å². The minimum Gasteiger partial charge on any atom is -0.310 e. The number of rotatable bonds is 3. The molecule has 4 aliphatic rings. The fourth-order valence-electron chi connectivity index (χ4n) is 12.7. The highest BCUT2D eigenvalue weighted by atomic mass is 32.1. The van der Waals surface area contributed by atoms with Gasteiger partial charge < -0.3 is 4.90 Å². The number of anilines is 3. The number of thiophene rings is 1. The molecule has 0 bridgehead atoms. The molecule has 10 aromatic carbocycles. The summed E-state index contributed by atoms with van der Waals surface area (Å²) >= 11 is 1.87. The Hall–Kier alpha value is -7.78. The fraction of sp³-hybridized carbons (Fsp3) is 0.0323. The predicted molar refractivity (Wildman–Crippen MR) is 267 cm³/mol. The van der Waals surface area contributed by atoms with E-state index in [2.05, 4.69) is 229 Å². The molecule has 2 spiro atoms. The van der Waals surface area contributed by atoms with Crippen LogP contribution in [0, 0.1) is 0 Å². The molecule has 0 unspecified atom stereocenters. The van der Waals surface area contributed by atoms with Crippen LogP contribution in [0.2, 0.25) is 0 Å². The summed E-state index contributed by atoms with van der Waals surface area (Å²) in [6.45, 7) is 0. The molecule has 2 heteroatoms. The molecule has 4 aliphatic carbocycles. The Morgan fingerprint density at radius 2 is 0.609 bits per heavy atom. The average Bonchev–Trinajstić information content (AvgIpc) is 4.13. The van der Waals surface area contributed by atoms with Crippen molar-refractivity contribution in [3.63, 3.8) is 0 Å². The summed E-state index contributed by atoms with van der Waals surface area (Å²) in [4.78, 5) is 2.53. The Morgan fingerprint density at radius 1 is 0.250 bits per heavy atom. The average molecular weight is 828 g/mol. The molecule has 296 valence electrons. The summed E-state index contributed by atoms with van der Waals surface area (Å²) in [5, 5.41) is 2.59. The molecular formula is C62H37NS. The van der Waals surface area contributed by atoms with Crippen molar-refractivity contribution in [1.82, 2.24) is 0 Å².